The molecule has 0 aliphatic heterocycles. The van der Waals surface area contributed by atoms with E-state index in [-0.39, 0.29) is 11.8 Å². The van der Waals surface area contributed by atoms with Crippen LogP contribution in [0.3, 0.4) is 0 Å². The molecule has 0 aromatic carbocycles. The molecule has 1 aliphatic rings. The first-order valence-electron chi connectivity index (χ1n) is 4.76. The number of sulfonamides is 1. The maximum absolute atomic E-state index is 11.7. The molecule has 15 heavy (non-hydrogen) atoms. The van der Waals surface area contributed by atoms with Crippen molar-refractivity contribution in [1.29, 1.82) is 0 Å². The van der Waals surface area contributed by atoms with E-state index in [1.807, 2.05) is 0 Å². The molecule has 2 unspecified atom stereocenters. The first-order chi connectivity index (χ1) is 6.60. The van der Waals surface area contributed by atoms with Gasteiger partial charge < -0.3 is 4.90 Å². The predicted molar refractivity (Wildman–Crippen MR) is 57.8 cm³/mol. The molecule has 88 valence electrons. The smallest absolute Gasteiger partial charge is 0.227 e. The minimum absolute atomic E-state index is 0.00648. The van der Waals surface area contributed by atoms with Gasteiger partial charge in [-0.2, -0.15) is 4.31 Å². The van der Waals surface area contributed by atoms with Crippen LogP contribution in [0.4, 0.5) is 0 Å². The van der Waals surface area contributed by atoms with Gasteiger partial charge in [0, 0.05) is 26.7 Å². The van der Waals surface area contributed by atoms with Crippen molar-refractivity contribution in [2.75, 3.05) is 27.4 Å². The Morgan fingerprint density at radius 2 is 1.80 bits per heavy atom. The highest BCUT2D eigenvalue weighted by molar-refractivity contribution is 7.88. The standard InChI is InChI=1S/C9H18N2O3S/c1-9(11(4)15(5,13)14)6-7(9)8(12)10(2)3/h7H,6H2,1-5H3. The van der Waals surface area contributed by atoms with Crippen molar-refractivity contribution < 1.29 is 13.2 Å². The predicted octanol–water partition coefficient (Wildman–Crippen LogP) is -0.255. The fourth-order valence-electron chi connectivity index (χ4n) is 1.75. The minimum atomic E-state index is -3.23. The average molecular weight is 234 g/mol. The van der Waals surface area contributed by atoms with Gasteiger partial charge in [-0.05, 0) is 13.3 Å². The van der Waals surface area contributed by atoms with Crippen LogP contribution in [-0.4, -0.2) is 56.5 Å². The van der Waals surface area contributed by atoms with Crippen LogP contribution in [0.25, 0.3) is 0 Å². The summed E-state index contributed by atoms with van der Waals surface area (Å²) in [6, 6.07) is 0. The number of amides is 1. The minimum Gasteiger partial charge on any atom is -0.349 e. The molecular weight excluding hydrogens is 216 g/mol. The average Bonchev–Trinajstić information content (AvgIpc) is 2.75. The SMILES string of the molecule is CN(C)C(=O)C1CC1(C)N(C)S(C)(=O)=O. The highest BCUT2D eigenvalue weighted by atomic mass is 32.2. The van der Waals surface area contributed by atoms with Crippen LogP contribution in [0.1, 0.15) is 13.3 Å². The lowest BCUT2D eigenvalue weighted by atomic mass is 10.2. The molecule has 0 aromatic rings. The molecule has 6 heteroatoms. The zero-order chi connectivity index (χ0) is 12.0. The zero-order valence-electron chi connectivity index (χ0n) is 9.81. The van der Waals surface area contributed by atoms with Crippen LogP contribution in [0.2, 0.25) is 0 Å². The fourth-order valence-corrected chi connectivity index (χ4v) is 2.71. The van der Waals surface area contributed by atoms with E-state index in [1.165, 1.54) is 16.3 Å². The van der Waals surface area contributed by atoms with Gasteiger partial charge in [0.05, 0.1) is 12.2 Å². The van der Waals surface area contributed by atoms with Gasteiger partial charge in [-0.1, -0.05) is 0 Å². The van der Waals surface area contributed by atoms with Gasteiger partial charge in [-0.25, -0.2) is 8.42 Å². The molecule has 0 N–H and O–H groups in total. The lowest BCUT2D eigenvalue weighted by Gasteiger charge is -2.23. The summed E-state index contributed by atoms with van der Waals surface area (Å²) >= 11 is 0. The fraction of sp³-hybridized carbons (Fsp3) is 0.889. The van der Waals surface area contributed by atoms with Crippen LogP contribution in [0, 0.1) is 5.92 Å². The first kappa shape index (κ1) is 12.4. The third kappa shape index (κ3) is 2.15. The quantitative estimate of drug-likeness (QED) is 0.676. The van der Waals surface area contributed by atoms with Gasteiger partial charge in [-0.3, -0.25) is 4.79 Å². The van der Waals surface area contributed by atoms with E-state index in [0.29, 0.717) is 6.42 Å². The maximum atomic E-state index is 11.7. The van der Waals surface area contributed by atoms with Crippen LogP contribution in [-0.2, 0) is 14.8 Å². The molecule has 1 aliphatic carbocycles. The Kier molecular flexibility index (Phi) is 2.86. The first-order valence-corrected chi connectivity index (χ1v) is 6.60. The lowest BCUT2D eigenvalue weighted by molar-refractivity contribution is -0.130. The van der Waals surface area contributed by atoms with Crippen molar-refractivity contribution in [2.45, 2.75) is 18.9 Å². The molecule has 0 spiro atoms. The Bertz CT molecular complexity index is 377. The molecule has 0 aromatic heterocycles. The maximum Gasteiger partial charge on any atom is 0.227 e. The van der Waals surface area contributed by atoms with Crippen molar-refractivity contribution in [3.05, 3.63) is 0 Å². The third-order valence-corrected chi connectivity index (χ3v) is 4.58. The summed E-state index contributed by atoms with van der Waals surface area (Å²) < 4.78 is 24.0. The highest BCUT2D eigenvalue weighted by Gasteiger charge is 2.59. The summed E-state index contributed by atoms with van der Waals surface area (Å²) in [5, 5.41) is 0. The summed E-state index contributed by atoms with van der Waals surface area (Å²) in [5.74, 6) is -0.208. The molecule has 5 nitrogen and oxygen atoms in total. The molecule has 1 rings (SSSR count). The molecule has 0 radical (unpaired) electrons. The second-order valence-corrected chi connectivity index (χ2v) is 6.59. The normalized spacial score (nSPS) is 30.4. The number of rotatable bonds is 3. The van der Waals surface area contributed by atoms with Crippen molar-refractivity contribution >= 4 is 15.9 Å². The summed E-state index contributed by atoms with van der Waals surface area (Å²) in [6.07, 6.45) is 1.77. The van der Waals surface area contributed by atoms with Gasteiger partial charge in [0.1, 0.15) is 0 Å². The van der Waals surface area contributed by atoms with Gasteiger partial charge in [-0.15, -0.1) is 0 Å². The third-order valence-electron chi connectivity index (χ3n) is 3.16. The second kappa shape index (κ2) is 3.45. The van der Waals surface area contributed by atoms with Gasteiger partial charge in [0.25, 0.3) is 0 Å². The molecule has 1 amide bonds. The monoisotopic (exact) mass is 234 g/mol. The van der Waals surface area contributed by atoms with Gasteiger partial charge in [0.15, 0.2) is 0 Å². The molecule has 1 fully saturated rings. The molecule has 1 saturated carbocycles. The Morgan fingerprint density at radius 3 is 2.13 bits per heavy atom. The van der Waals surface area contributed by atoms with E-state index in [4.69, 9.17) is 0 Å². The second-order valence-electron chi connectivity index (χ2n) is 4.58. The molecule has 0 bridgehead atoms. The summed E-state index contributed by atoms with van der Waals surface area (Å²) in [4.78, 5) is 13.2. The molecule has 0 saturated heterocycles. The van der Waals surface area contributed by atoms with E-state index < -0.39 is 15.6 Å². The number of carbonyl (C=O) groups excluding carboxylic acids is 1. The van der Waals surface area contributed by atoms with Crippen LogP contribution >= 0.6 is 0 Å². The van der Waals surface area contributed by atoms with Gasteiger partial charge >= 0.3 is 0 Å². The summed E-state index contributed by atoms with van der Waals surface area (Å²) in [6.45, 7) is 1.81. The van der Waals surface area contributed by atoms with E-state index >= 15 is 0 Å². The number of carbonyl (C=O) groups is 1. The van der Waals surface area contributed by atoms with Crippen LogP contribution < -0.4 is 0 Å². The van der Waals surface area contributed by atoms with E-state index in [1.54, 1.807) is 21.0 Å². The largest absolute Gasteiger partial charge is 0.349 e. The molecule has 2 atom stereocenters. The van der Waals surface area contributed by atoms with Crippen molar-refractivity contribution in [3.8, 4) is 0 Å². The number of nitrogens with zero attached hydrogens (tertiary/aromatic N) is 2. The highest BCUT2D eigenvalue weighted by Crippen LogP contribution is 2.49. The van der Waals surface area contributed by atoms with Crippen LogP contribution in [0.5, 0.6) is 0 Å². The van der Waals surface area contributed by atoms with Crippen molar-refractivity contribution in [3.63, 3.8) is 0 Å². The zero-order valence-corrected chi connectivity index (χ0v) is 10.6. The lowest BCUT2D eigenvalue weighted by Crippen LogP contribution is -2.40. The number of hydrogen-bond donors (Lipinski definition) is 0. The van der Waals surface area contributed by atoms with Crippen molar-refractivity contribution in [2.24, 2.45) is 5.92 Å². The molecular formula is C9H18N2O3S. The topological polar surface area (TPSA) is 57.7 Å². The van der Waals surface area contributed by atoms with E-state index in [2.05, 4.69) is 0 Å². The Morgan fingerprint density at radius 1 is 1.33 bits per heavy atom. The molecule has 0 heterocycles. The van der Waals surface area contributed by atoms with E-state index in [9.17, 15) is 13.2 Å². The van der Waals surface area contributed by atoms with E-state index in [0.717, 1.165) is 6.26 Å². The Labute approximate surface area is 91.1 Å². The van der Waals surface area contributed by atoms with Crippen LogP contribution in [0.15, 0.2) is 0 Å². The summed E-state index contributed by atoms with van der Waals surface area (Å²) in [5.41, 5.74) is -0.533. The van der Waals surface area contributed by atoms with Crippen molar-refractivity contribution in [1.82, 2.24) is 9.21 Å². The Hall–Kier alpha value is -0.620. The van der Waals surface area contributed by atoms with Gasteiger partial charge in [0.2, 0.25) is 15.9 Å². The Balaban J connectivity index is 2.80. The summed E-state index contributed by atoms with van der Waals surface area (Å²) in [7, 11) is 1.66. The number of hydrogen-bond acceptors (Lipinski definition) is 3.